The number of methoxy groups -OCH3 is 1. The molecule has 0 amide bonds. The average Bonchev–Trinajstić information content (AvgIpc) is 2.86. The van der Waals surface area contributed by atoms with E-state index >= 15 is 0 Å². The Kier molecular flexibility index (Phi) is 7.30. The number of nitrogens with zero attached hydrogens (tertiary/aromatic N) is 2. The lowest BCUT2D eigenvalue weighted by molar-refractivity contribution is 0.302. The molecular weight excluding hydrogens is 436 g/mol. The molecule has 0 aliphatic carbocycles. The first-order valence-electron chi connectivity index (χ1n) is 11.2. The van der Waals surface area contributed by atoms with Crippen molar-refractivity contribution in [1.82, 2.24) is 9.55 Å². The molecule has 0 atom stereocenters. The van der Waals surface area contributed by atoms with Crippen LogP contribution in [0.1, 0.15) is 25.3 Å². The number of unbranched alkanes of at least 4 members (excludes halogenated alkanes) is 1. The first-order chi connectivity index (χ1) is 16.1. The van der Waals surface area contributed by atoms with E-state index in [2.05, 4.69) is 6.92 Å². The lowest BCUT2D eigenvalue weighted by atomic mass is 10.1. The summed E-state index contributed by atoms with van der Waals surface area (Å²) in [6, 6.07) is 20.8. The highest BCUT2D eigenvalue weighted by atomic mass is 35.5. The SMILES string of the molecule is CCc1cc(OCCCCn2c(-c3ccc(OC)cc3)nc3ccccc3c2=O)ccc1Cl. The van der Waals surface area contributed by atoms with Gasteiger partial charge >= 0.3 is 0 Å². The zero-order valence-electron chi connectivity index (χ0n) is 18.9. The molecule has 3 aromatic carbocycles. The third kappa shape index (κ3) is 5.20. The number of hydrogen-bond acceptors (Lipinski definition) is 4. The number of halogens is 1. The van der Waals surface area contributed by atoms with Crippen molar-refractivity contribution >= 4 is 22.5 Å². The molecule has 0 aliphatic rings. The van der Waals surface area contributed by atoms with Crippen LogP contribution in [0.5, 0.6) is 11.5 Å². The van der Waals surface area contributed by atoms with Gasteiger partial charge in [-0.3, -0.25) is 9.36 Å². The Morgan fingerprint density at radius 2 is 1.73 bits per heavy atom. The third-order valence-corrected chi connectivity index (χ3v) is 6.02. The van der Waals surface area contributed by atoms with Crippen LogP contribution in [0.15, 0.2) is 71.5 Å². The van der Waals surface area contributed by atoms with Crippen LogP contribution in [0.2, 0.25) is 5.02 Å². The summed E-state index contributed by atoms with van der Waals surface area (Å²) in [5, 5.41) is 1.39. The van der Waals surface area contributed by atoms with Gasteiger partial charge in [-0.25, -0.2) is 4.98 Å². The van der Waals surface area contributed by atoms with Crippen LogP contribution in [0.4, 0.5) is 0 Å². The molecule has 0 saturated heterocycles. The van der Waals surface area contributed by atoms with E-state index in [9.17, 15) is 4.79 Å². The summed E-state index contributed by atoms with van der Waals surface area (Å²) < 4.78 is 12.9. The van der Waals surface area contributed by atoms with Gasteiger partial charge in [0.25, 0.3) is 5.56 Å². The zero-order valence-corrected chi connectivity index (χ0v) is 19.6. The Labute approximate surface area is 198 Å². The number of aromatic nitrogens is 2. The molecule has 4 rings (SSSR count). The summed E-state index contributed by atoms with van der Waals surface area (Å²) in [5.41, 5.74) is 2.62. The van der Waals surface area contributed by atoms with Crippen molar-refractivity contribution in [2.75, 3.05) is 13.7 Å². The van der Waals surface area contributed by atoms with Crippen LogP contribution in [-0.4, -0.2) is 23.3 Å². The number of aryl methyl sites for hydroxylation is 1. The molecule has 1 heterocycles. The number of rotatable bonds is 9. The van der Waals surface area contributed by atoms with E-state index < -0.39 is 0 Å². The van der Waals surface area contributed by atoms with Gasteiger partial charge in [-0.05, 0) is 79.4 Å². The van der Waals surface area contributed by atoms with Crippen molar-refractivity contribution in [3.05, 3.63) is 87.7 Å². The van der Waals surface area contributed by atoms with Crippen molar-refractivity contribution in [2.45, 2.75) is 32.7 Å². The van der Waals surface area contributed by atoms with Crippen molar-refractivity contribution in [2.24, 2.45) is 0 Å². The number of benzene rings is 3. The summed E-state index contributed by atoms with van der Waals surface area (Å²) in [4.78, 5) is 18.1. The molecule has 6 heteroatoms. The van der Waals surface area contributed by atoms with Crippen LogP contribution >= 0.6 is 11.6 Å². The molecule has 0 N–H and O–H groups in total. The highest BCUT2D eigenvalue weighted by Crippen LogP contribution is 2.24. The highest BCUT2D eigenvalue weighted by molar-refractivity contribution is 6.31. The Hall–Kier alpha value is -3.31. The van der Waals surface area contributed by atoms with Gasteiger partial charge in [0.15, 0.2) is 0 Å². The average molecular weight is 463 g/mol. The van der Waals surface area contributed by atoms with Crippen molar-refractivity contribution in [1.29, 1.82) is 0 Å². The Bertz CT molecular complexity index is 1300. The highest BCUT2D eigenvalue weighted by Gasteiger charge is 2.13. The van der Waals surface area contributed by atoms with Crippen LogP contribution in [-0.2, 0) is 13.0 Å². The summed E-state index contributed by atoms with van der Waals surface area (Å²) in [6.07, 6.45) is 2.46. The topological polar surface area (TPSA) is 53.4 Å². The second kappa shape index (κ2) is 10.5. The number of fused-ring (bicyclic) bond motifs is 1. The molecule has 0 radical (unpaired) electrons. The van der Waals surface area contributed by atoms with Gasteiger partial charge in [-0.15, -0.1) is 0 Å². The van der Waals surface area contributed by atoms with E-state index in [0.717, 1.165) is 46.9 Å². The maximum atomic E-state index is 13.3. The molecule has 1 aromatic heterocycles. The van der Waals surface area contributed by atoms with E-state index in [1.165, 1.54) is 0 Å². The lowest BCUT2D eigenvalue weighted by Crippen LogP contribution is -2.24. The number of ether oxygens (including phenoxy) is 2. The second-order valence-corrected chi connectivity index (χ2v) is 8.21. The van der Waals surface area contributed by atoms with Gasteiger partial charge in [0, 0.05) is 17.1 Å². The molecule has 0 fully saturated rings. The summed E-state index contributed by atoms with van der Waals surface area (Å²) in [6.45, 7) is 3.20. The predicted molar refractivity (Wildman–Crippen MR) is 134 cm³/mol. The molecule has 0 spiro atoms. The standard InChI is InChI=1S/C27H27ClN2O3/c1-3-19-18-22(14-15-24(19)28)33-17-7-6-16-30-26(20-10-12-21(32-2)13-11-20)29-25-9-5-4-8-23(25)27(30)31/h4-5,8-15,18H,3,6-7,16-17H2,1-2H3. The fourth-order valence-corrected chi connectivity index (χ4v) is 4.06. The fourth-order valence-electron chi connectivity index (χ4n) is 3.81. The largest absolute Gasteiger partial charge is 0.497 e. The molecule has 0 aliphatic heterocycles. The molecule has 0 bridgehead atoms. The van der Waals surface area contributed by atoms with Gasteiger partial charge in [-0.2, -0.15) is 0 Å². The predicted octanol–water partition coefficient (Wildman–Crippen LogP) is 6.15. The van der Waals surface area contributed by atoms with Gasteiger partial charge in [0.05, 0.1) is 24.6 Å². The fraction of sp³-hybridized carbons (Fsp3) is 0.259. The minimum atomic E-state index is -0.0300. The smallest absolute Gasteiger partial charge is 0.261 e. The number of hydrogen-bond donors (Lipinski definition) is 0. The molecule has 33 heavy (non-hydrogen) atoms. The Morgan fingerprint density at radius 3 is 2.48 bits per heavy atom. The van der Waals surface area contributed by atoms with E-state index in [0.29, 0.717) is 29.9 Å². The lowest BCUT2D eigenvalue weighted by Gasteiger charge is -2.14. The normalized spacial score (nSPS) is 11.0. The molecule has 5 nitrogen and oxygen atoms in total. The van der Waals surface area contributed by atoms with Crippen molar-refractivity contribution in [3.63, 3.8) is 0 Å². The summed E-state index contributed by atoms with van der Waals surface area (Å²) >= 11 is 6.19. The van der Waals surface area contributed by atoms with E-state index in [1.54, 1.807) is 11.7 Å². The van der Waals surface area contributed by atoms with Gasteiger partial charge in [0.2, 0.25) is 0 Å². The van der Waals surface area contributed by atoms with Gasteiger partial charge in [-0.1, -0.05) is 30.7 Å². The van der Waals surface area contributed by atoms with Gasteiger partial charge in [0.1, 0.15) is 17.3 Å². The molecule has 0 unspecified atom stereocenters. The monoisotopic (exact) mass is 462 g/mol. The quantitative estimate of drug-likeness (QED) is 0.280. The maximum absolute atomic E-state index is 13.3. The molecule has 4 aromatic rings. The van der Waals surface area contributed by atoms with Crippen molar-refractivity contribution in [3.8, 4) is 22.9 Å². The first kappa shape index (κ1) is 22.9. The van der Waals surface area contributed by atoms with Crippen LogP contribution in [0.25, 0.3) is 22.3 Å². The maximum Gasteiger partial charge on any atom is 0.261 e. The van der Waals surface area contributed by atoms with E-state index in [4.69, 9.17) is 26.1 Å². The molecular formula is C27H27ClN2O3. The second-order valence-electron chi connectivity index (χ2n) is 7.80. The third-order valence-electron chi connectivity index (χ3n) is 5.65. The molecule has 170 valence electrons. The van der Waals surface area contributed by atoms with Crippen LogP contribution < -0.4 is 15.0 Å². The van der Waals surface area contributed by atoms with Gasteiger partial charge < -0.3 is 9.47 Å². The zero-order chi connectivity index (χ0) is 23.2. The van der Waals surface area contributed by atoms with E-state index in [-0.39, 0.29) is 5.56 Å². The summed E-state index contributed by atoms with van der Waals surface area (Å²) in [7, 11) is 1.63. The Morgan fingerprint density at radius 1 is 0.970 bits per heavy atom. The first-order valence-corrected chi connectivity index (χ1v) is 11.5. The minimum Gasteiger partial charge on any atom is -0.497 e. The molecule has 0 saturated carbocycles. The van der Waals surface area contributed by atoms with Crippen LogP contribution in [0, 0.1) is 0 Å². The number of para-hydroxylation sites is 1. The minimum absolute atomic E-state index is 0.0300. The summed E-state index contributed by atoms with van der Waals surface area (Å²) in [5.74, 6) is 2.24. The van der Waals surface area contributed by atoms with E-state index in [1.807, 2.05) is 66.7 Å². The Balaban J connectivity index is 1.51. The van der Waals surface area contributed by atoms with Crippen molar-refractivity contribution < 1.29 is 9.47 Å². The van der Waals surface area contributed by atoms with Crippen LogP contribution in [0.3, 0.4) is 0 Å².